The largest absolute Gasteiger partial charge is 0.306 e. The van der Waals surface area contributed by atoms with Gasteiger partial charge in [0, 0.05) is 43.1 Å². The van der Waals surface area contributed by atoms with Crippen LogP contribution in [0.3, 0.4) is 0 Å². The van der Waals surface area contributed by atoms with Crippen molar-refractivity contribution < 1.29 is 0 Å². The van der Waals surface area contributed by atoms with Crippen LogP contribution in [0.2, 0.25) is 0 Å². The summed E-state index contributed by atoms with van der Waals surface area (Å²) in [6, 6.07) is 101. The molecule has 4 nitrogen and oxygen atoms in total. The zero-order chi connectivity index (χ0) is 50.6. The average Bonchev–Trinajstić information content (AvgIpc) is 4.28. The highest BCUT2D eigenvalue weighted by Crippen LogP contribution is 2.59. The van der Waals surface area contributed by atoms with E-state index in [2.05, 4.69) is 285 Å². The molecule has 19 rings (SSSR count). The lowest BCUT2D eigenvalue weighted by molar-refractivity contribution is 0.728. The second-order valence-electron chi connectivity index (χ2n) is 21.8. The molecule has 0 amide bonds. The highest BCUT2D eigenvalue weighted by atomic mass is 15.1. The number of fused-ring (bicyclic) bond motifs is 20. The Morgan fingerprint density at radius 2 is 0.513 bits per heavy atom. The summed E-state index contributed by atoms with van der Waals surface area (Å²) >= 11 is 0. The highest BCUT2D eigenvalue weighted by molar-refractivity contribution is 6.34. The van der Waals surface area contributed by atoms with Crippen LogP contribution in [0.15, 0.2) is 267 Å². The fourth-order valence-electron chi connectivity index (χ4n) is 15.9. The summed E-state index contributed by atoms with van der Waals surface area (Å²) in [5.74, 6) is 0. The Balaban J connectivity index is 1.08. The maximum atomic E-state index is 2.68. The molecule has 7 heterocycles. The maximum absolute atomic E-state index is 2.68. The van der Waals surface area contributed by atoms with Crippen molar-refractivity contribution in [1.29, 1.82) is 0 Å². The van der Waals surface area contributed by atoms with Crippen LogP contribution in [0.4, 0.5) is 0 Å². The minimum Gasteiger partial charge on any atom is -0.306 e. The number of hydrogen-bond donors (Lipinski definition) is 0. The van der Waals surface area contributed by atoms with Crippen LogP contribution in [0, 0.1) is 0 Å². The predicted octanol–water partition coefficient (Wildman–Crippen LogP) is 17.8. The van der Waals surface area contributed by atoms with E-state index in [9.17, 15) is 0 Å². The van der Waals surface area contributed by atoms with Gasteiger partial charge in [0.2, 0.25) is 0 Å². The molecule has 17 aromatic rings. The van der Waals surface area contributed by atoms with Gasteiger partial charge in [0.1, 0.15) is 0 Å². The topological polar surface area (TPSA) is 18.7 Å². The molecule has 0 saturated carbocycles. The second-order valence-corrected chi connectivity index (χ2v) is 21.8. The lowest BCUT2D eigenvalue weighted by Gasteiger charge is -2.41. The molecular weight excluding hydrogens is 945 g/mol. The van der Waals surface area contributed by atoms with Gasteiger partial charge in [-0.2, -0.15) is 0 Å². The highest BCUT2D eigenvalue weighted by Gasteiger charge is 2.47. The molecule has 0 radical (unpaired) electrons. The van der Waals surface area contributed by atoms with Crippen LogP contribution >= 0.6 is 0 Å². The van der Waals surface area contributed by atoms with Gasteiger partial charge in [-0.3, -0.25) is 0 Å². The number of benzene rings is 12. The smallest absolute Gasteiger partial charge is 0.0960 e. The average molecular weight is 989 g/mol. The summed E-state index contributed by atoms with van der Waals surface area (Å²) in [5.41, 5.74) is 23.6. The number of nitrogens with zero attached hydrogens (tertiary/aromatic N) is 4. The van der Waals surface area contributed by atoms with Gasteiger partial charge in [-0.15, -0.1) is 0 Å². The Bertz CT molecular complexity index is 5000. The van der Waals surface area contributed by atoms with Gasteiger partial charge in [0.25, 0.3) is 0 Å². The van der Waals surface area contributed by atoms with Crippen molar-refractivity contribution in [3.8, 4) is 11.4 Å². The van der Waals surface area contributed by atoms with E-state index in [0.717, 1.165) is 0 Å². The van der Waals surface area contributed by atoms with Crippen molar-refractivity contribution in [3.63, 3.8) is 0 Å². The summed E-state index contributed by atoms with van der Waals surface area (Å²) in [6.07, 6.45) is 0. The van der Waals surface area contributed by atoms with Crippen molar-refractivity contribution in [3.05, 3.63) is 311 Å². The molecule has 2 aliphatic rings. The van der Waals surface area contributed by atoms with Gasteiger partial charge in [0.05, 0.1) is 77.4 Å². The van der Waals surface area contributed by atoms with Crippen molar-refractivity contribution in [1.82, 2.24) is 17.9 Å². The molecule has 2 aliphatic heterocycles. The zero-order valence-corrected chi connectivity index (χ0v) is 42.2. The molecule has 0 spiro atoms. The molecule has 78 heavy (non-hydrogen) atoms. The van der Waals surface area contributed by atoms with E-state index in [1.165, 1.54) is 154 Å². The number of hydrogen-bond acceptors (Lipinski definition) is 0. The number of rotatable bonds is 4. The Hall–Kier alpha value is -10.2. The number of aromatic nitrogens is 4. The maximum Gasteiger partial charge on any atom is 0.0960 e. The first kappa shape index (κ1) is 41.1. The first-order valence-electron chi connectivity index (χ1n) is 27.3. The number of para-hydroxylation sites is 6. The van der Waals surface area contributed by atoms with E-state index in [0.29, 0.717) is 0 Å². The molecule has 0 unspecified atom stereocenters. The van der Waals surface area contributed by atoms with Gasteiger partial charge >= 0.3 is 0 Å². The molecule has 0 fully saturated rings. The second kappa shape index (κ2) is 14.4. The summed E-state index contributed by atoms with van der Waals surface area (Å²) < 4.78 is 10.7. The zero-order valence-electron chi connectivity index (χ0n) is 42.2. The third-order valence-corrected chi connectivity index (χ3v) is 18.5. The van der Waals surface area contributed by atoms with Crippen LogP contribution < -0.4 is 0 Å². The van der Waals surface area contributed by atoms with Crippen LogP contribution in [-0.4, -0.2) is 17.9 Å². The molecule has 0 aliphatic carbocycles. The van der Waals surface area contributed by atoms with Gasteiger partial charge in [0.15, 0.2) is 0 Å². The van der Waals surface area contributed by atoms with Crippen molar-refractivity contribution in [2.45, 2.75) is 10.8 Å². The Morgan fingerprint density at radius 3 is 0.910 bits per heavy atom. The Labute approximate surface area is 447 Å². The van der Waals surface area contributed by atoms with Crippen LogP contribution in [0.25, 0.3) is 110 Å². The SMILES string of the molecule is c1ccc(C2(c3ccccc3)c3ccccc3-n3c4c2cccc4c2cc4c5ccccc5n5c4c(c23)n2c3ccccc3c3cc4c6cccc7c6n(c4c5c32)-c2ccccc2C7(c2ccccc2)c2ccccc2)cc1. The fraction of sp³-hybridized carbons (Fsp3) is 0.0270. The normalized spacial score (nSPS) is 14.4. The van der Waals surface area contributed by atoms with Gasteiger partial charge < -0.3 is 17.9 Å². The lowest BCUT2D eigenvalue weighted by Crippen LogP contribution is -2.35. The van der Waals surface area contributed by atoms with E-state index >= 15 is 0 Å². The summed E-state index contributed by atoms with van der Waals surface area (Å²) in [7, 11) is 0. The monoisotopic (exact) mass is 988 g/mol. The summed E-state index contributed by atoms with van der Waals surface area (Å²) in [6.45, 7) is 0. The van der Waals surface area contributed by atoms with Crippen LogP contribution in [0.1, 0.15) is 44.5 Å². The van der Waals surface area contributed by atoms with E-state index < -0.39 is 10.8 Å². The summed E-state index contributed by atoms with van der Waals surface area (Å²) in [5, 5.41) is 9.99. The third-order valence-electron chi connectivity index (χ3n) is 18.5. The van der Waals surface area contributed by atoms with E-state index in [1.807, 2.05) is 0 Å². The molecule has 5 aromatic heterocycles. The minimum atomic E-state index is -0.584. The third kappa shape index (κ3) is 4.58. The van der Waals surface area contributed by atoms with E-state index in [4.69, 9.17) is 0 Å². The van der Waals surface area contributed by atoms with Gasteiger partial charge in [-0.25, -0.2) is 0 Å². The Kier molecular flexibility index (Phi) is 7.59. The molecule has 4 heteroatoms. The van der Waals surface area contributed by atoms with Gasteiger partial charge in [-0.05, 0) is 80.9 Å². The predicted molar refractivity (Wildman–Crippen MR) is 322 cm³/mol. The summed E-state index contributed by atoms with van der Waals surface area (Å²) in [4.78, 5) is 0. The van der Waals surface area contributed by atoms with E-state index in [-0.39, 0.29) is 0 Å². The molecule has 0 bridgehead atoms. The lowest BCUT2D eigenvalue weighted by atomic mass is 9.63. The molecule has 0 N–H and O–H groups in total. The molecule has 360 valence electrons. The van der Waals surface area contributed by atoms with E-state index in [1.54, 1.807) is 0 Å². The standard InChI is InChI=1S/C74H44N4/c1-5-23-45(24-6-1)73(46-25-7-2-8-26-46)57-35-15-19-41-63(57)77-65-51(33-21-37-59(65)73)55-43-53-49-31-13-18-40-62(49)76-67(53)71(69(55)77)75-61-39-17-14-32-50(61)54-44-56-52-34-22-38-60-66(52)78(70(56)72(76)68(54)75)64-42-20-16-36-58(64)74(60,47-27-9-3-10-28-47)48-29-11-4-12-30-48/h1-44H. The minimum absolute atomic E-state index is 0.584. The van der Waals surface area contributed by atoms with Crippen LogP contribution in [0.5, 0.6) is 0 Å². The molecule has 12 aromatic carbocycles. The first-order valence-corrected chi connectivity index (χ1v) is 27.3. The molecule has 0 saturated heterocycles. The van der Waals surface area contributed by atoms with Crippen molar-refractivity contribution in [2.24, 2.45) is 0 Å². The van der Waals surface area contributed by atoms with Crippen molar-refractivity contribution >= 4 is 98.3 Å². The van der Waals surface area contributed by atoms with Crippen LogP contribution in [-0.2, 0) is 10.8 Å². The fourth-order valence-corrected chi connectivity index (χ4v) is 15.9. The van der Waals surface area contributed by atoms with Crippen molar-refractivity contribution in [2.75, 3.05) is 0 Å². The molecular formula is C74H44N4. The molecule has 0 atom stereocenters. The first-order chi connectivity index (χ1) is 38.8. The quantitative estimate of drug-likeness (QED) is 0.157. The Morgan fingerprint density at radius 1 is 0.205 bits per heavy atom. The van der Waals surface area contributed by atoms with Gasteiger partial charge in [-0.1, -0.05) is 231 Å².